The Balaban J connectivity index is 1.64. The molecule has 0 bridgehead atoms. The highest BCUT2D eigenvalue weighted by molar-refractivity contribution is 7.12. The molecule has 4 nitrogen and oxygen atoms in total. The monoisotopic (exact) mass is 283 g/mol. The molecule has 1 fully saturated rings. The van der Waals surface area contributed by atoms with Crippen molar-refractivity contribution in [2.75, 3.05) is 20.3 Å². The van der Waals surface area contributed by atoms with Crippen LogP contribution in [0, 0.1) is 0 Å². The minimum absolute atomic E-state index is 0.181. The van der Waals surface area contributed by atoms with Crippen LogP contribution in [0.2, 0.25) is 0 Å². The van der Waals surface area contributed by atoms with Gasteiger partial charge in [-0.2, -0.15) is 0 Å². The van der Waals surface area contributed by atoms with Gasteiger partial charge in [-0.1, -0.05) is 0 Å². The normalized spacial score (nSPS) is 18.7. The van der Waals surface area contributed by atoms with E-state index in [9.17, 15) is 4.79 Å². The first-order valence-corrected chi connectivity index (χ1v) is 7.56. The van der Waals surface area contributed by atoms with Gasteiger partial charge in [0.1, 0.15) is 0 Å². The maximum absolute atomic E-state index is 11.2. The molecule has 1 aliphatic heterocycles. The van der Waals surface area contributed by atoms with E-state index >= 15 is 0 Å². The summed E-state index contributed by atoms with van der Waals surface area (Å²) in [7, 11) is 1.42. The molecule has 0 radical (unpaired) electrons. The number of rotatable bonds is 7. The fourth-order valence-electron chi connectivity index (χ4n) is 2.17. The number of hydrogen-bond donors (Lipinski definition) is 1. The fraction of sp³-hybridized carbons (Fsp3) is 0.643. The molecule has 0 amide bonds. The standard InChI is InChI=1S/C14H21NO3S/c1-17-14(16)9-12-4-5-13(19-12)10-15-7-6-11-3-2-8-18-11/h4-5,11,15H,2-3,6-10H2,1H3. The van der Waals surface area contributed by atoms with E-state index in [4.69, 9.17) is 4.74 Å². The van der Waals surface area contributed by atoms with Gasteiger partial charge in [0.2, 0.25) is 0 Å². The van der Waals surface area contributed by atoms with E-state index in [1.807, 2.05) is 6.07 Å². The van der Waals surface area contributed by atoms with Crippen molar-refractivity contribution in [2.45, 2.75) is 38.3 Å². The molecule has 1 atom stereocenters. The van der Waals surface area contributed by atoms with Crippen LogP contribution in [-0.4, -0.2) is 32.3 Å². The molecule has 1 N–H and O–H groups in total. The summed E-state index contributed by atoms with van der Waals surface area (Å²) < 4.78 is 10.2. The van der Waals surface area contributed by atoms with Crippen molar-refractivity contribution in [3.8, 4) is 0 Å². The third kappa shape index (κ3) is 4.93. The van der Waals surface area contributed by atoms with Crippen LogP contribution < -0.4 is 5.32 Å². The molecule has 0 spiro atoms. The first-order chi connectivity index (χ1) is 9.28. The van der Waals surface area contributed by atoms with E-state index < -0.39 is 0 Å². The number of carbonyl (C=O) groups is 1. The molecule has 1 unspecified atom stereocenters. The van der Waals surface area contributed by atoms with Crippen molar-refractivity contribution < 1.29 is 14.3 Å². The number of carbonyl (C=O) groups excluding carboxylic acids is 1. The summed E-state index contributed by atoms with van der Waals surface area (Å²) in [4.78, 5) is 13.5. The van der Waals surface area contributed by atoms with Crippen LogP contribution in [0.5, 0.6) is 0 Å². The maximum Gasteiger partial charge on any atom is 0.310 e. The van der Waals surface area contributed by atoms with E-state index in [-0.39, 0.29) is 5.97 Å². The van der Waals surface area contributed by atoms with Gasteiger partial charge in [-0.15, -0.1) is 11.3 Å². The second-order valence-electron chi connectivity index (χ2n) is 4.72. The Morgan fingerprint density at radius 1 is 1.53 bits per heavy atom. The summed E-state index contributed by atoms with van der Waals surface area (Å²) >= 11 is 1.66. The molecule has 0 aliphatic carbocycles. The zero-order chi connectivity index (χ0) is 13.5. The Labute approximate surface area is 118 Å². The van der Waals surface area contributed by atoms with Crippen molar-refractivity contribution in [1.82, 2.24) is 5.32 Å². The third-order valence-electron chi connectivity index (χ3n) is 3.23. The maximum atomic E-state index is 11.2. The first kappa shape index (κ1) is 14.5. The zero-order valence-electron chi connectivity index (χ0n) is 11.3. The molecule has 1 aromatic rings. The minimum Gasteiger partial charge on any atom is -0.469 e. The van der Waals surface area contributed by atoms with Gasteiger partial charge in [-0.05, 0) is 37.9 Å². The number of nitrogens with one attached hydrogen (secondary N) is 1. The largest absolute Gasteiger partial charge is 0.469 e. The summed E-state index contributed by atoms with van der Waals surface area (Å²) in [5.74, 6) is -0.181. The smallest absolute Gasteiger partial charge is 0.310 e. The highest BCUT2D eigenvalue weighted by atomic mass is 32.1. The van der Waals surface area contributed by atoms with E-state index in [2.05, 4.69) is 16.1 Å². The average Bonchev–Trinajstić information content (AvgIpc) is 3.06. The van der Waals surface area contributed by atoms with Gasteiger partial charge in [-0.3, -0.25) is 4.79 Å². The quantitative estimate of drug-likeness (QED) is 0.615. The van der Waals surface area contributed by atoms with Gasteiger partial charge in [-0.25, -0.2) is 0 Å². The van der Waals surface area contributed by atoms with E-state index in [1.54, 1.807) is 11.3 Å². The molecule has 0 saturated carbocycles. The van der Waals surface area contributed by atoms with E-state index in [0.29, 0.717) is 12.5 Å². The van der Waals surface area contributed by atoms with Crippen molar-refractivity contribution in [1.29, 1.82) is 0 Å². The molecule has 1 aromatic heterocycles. The van der Waals surface area contributed by atoms with E-state index in [1.165, 1.54) is 24.8 Å². The second-order valence-corrected chi connectivity index (χ2v) is 5.97. The molecule has 1 saturated heterocycles. The summed E-state index contributed by atoms with van der Waals surface area (Å²) in [6.45, 7) is 2.76. The number of esters is 1. The molecule has 1 aliphatic rings. The van der Waals surface area contributed by atoms with Gasteiger partial charge >= 0.3 is 5.97 Å². The van der Waals surface area contributed by atoms with Gasteiger partial charge in [0.05, 0.1) is 19.6 Å². The van der Waals surface area contributed by atoms with Crippen LogP contribution in [0.3, 0.4) is 0 Å². The fourth-order valence-corrected chi connectivity index (χ4v) is 3.15. The van der Waals surface area contributed by atoms with Crippen LogP contribution in [0.15, 0.2) is 12.1 Å². The number of ether oxygens (including phenoxy) is 2. The van der Waals surface area contributed by atoms with Crippen LogP contribution in [0.1, 0.15) is 29.0 Å². The van der Waals surface area contributed by atoms with Gasteiger partial charge in [0.15, 0.2) is 0 Å². The van der Waals surface area contributed by atoms with Gasteiger partial charge in [0.25, 0.3) is 0 Å². The van der Waals surface area contributed by atoms with Crippen molar-refractivity contribution in [3.63, 3.8) is 0 Å². The Morgan fingerprint density at radius 2 is 2.37 bits per heavy atom. The topological polar surface area (TPSA) is 47.6 Å². The SMILES string of the molecule is COC(=O)Cc1ccc(CNCCC2CCCO2)s1. The molecule has 5 heteroatoms. The number of methoxy groups -OCH3 is 1. The predicted octanol–water partition coefficient (Wildman–Crippen LogP) is 2.12. The molecule has 19 heavy (non-hydrogen) atoms. The summed E-state index contributed by atoms with van der Waals surface area (Å²) in [5.41, 5.74) is 0. The molecule has 2 heterocycles. The van der Waals surface area contributed by atoms with Crippen molar-refractivity contribution >= 4 is 17.3 Å². The van der Waals surface area contributed by atoms with Crippen molar-refractivity contribution in [3.05, 3.63) is 21.9 Å². The third-order valence-corrected chi connectivity index (χ3v) is 4.32. The lowest BCUT2D eigenvalue weighted by Gasteiger charge is -2.09. The molecule has 2 rings (SSSR count). The highest BCUT2D eigenvalue weighted by Gasteiger charge is 2.14. The van der Waals surface area contributed by atoms with Crippen LogP contribution >= 0.6 is 11.3 Å². The zero-order valence-corrected chi connectivity index (χ0v) is 12.1. The Kier molecular flexibility index (Phi) is 5.82. The highest BCUT2D eigenvalue weighted by Crippen LogP contribution is 2.18. The average molecular weight is 283 g/mol. The van der Waals surface area contributed by atoms with Gasteiger partial charge < -0.3 is 14.8 Å². The lowest BCUT2D eigenvalue weighted by molar-refractivity contribution is -0.139. The van der Waals surface area contributed by atoms with Crippen molar-refractivity contribution in [2.24, 2.45) is 0 Å². The van der Waals surface area contributed by atoms with Crippen LogP contribution in [-0.2, 0) is 27.2 Å². The molecular weight excluding hydrogens is 262 g/mol. The van der Waals surface area contributed by atoms with Crippen LogP contribution in [0.4, 0.5) is 0 Å². The molecular formula is C14H21NO3S. The van der Waals surface area contributed by atoms with Gasteiger partial charge in [0, 0.05) is 22.9 Å². The van der Waals surface area contributed by atoms with Crippen LogP contribution in [0.25, 0.3) is 0 Å². The number of hydrogen-bond acceptors (Lipinski definition) is 5. The Bertz CT molecular complexity index is 399. The minimum atomic E-state index is -0.181. The Morgan fingerprint density at radius 3 is 3.11 bits per heavy atom. The Hall–Kier alpha value is -0.910. The lowest BCUT2D eigenvalue weighted by Crippen LogP contribution is -2.19. The summed E-state index contributed by atoms with van der Waals surface area (Å²) in [5, 5.41) is 3.42. The number of thiophene rings is 1. The molecule has 106 valence electrons. The second kappa shape index (κ2) is 7.62. The summed E-state index contributed by atoms with van der Waals surface area (Å²) in [6.07, 6.45) is 4.30. The van der Waals surface area contributed by atoms with E-state index in [0.717, 1.165) is 31.0 Å². The lowest BCUT2D eigenvalue weighted by atomic mass is 10.2. The summed E-state index contributed by atoms with van der Waals surface area (Å²) in [6, 6.07) is 4.07. The predicted molar refractivity (Wildman–Crippen MR) is 75.3 cm³/mol. The first-order valence-electron chi connectivity index (χ1n) is 6.74. The molecule has 0 aromatic carbocycles.